The van der Waals surface area contributed by atoms with Gasteiger partial charge in [-0.1, -0.05) is 12.8 Å². The summed E-state index contributed by atoms with van der Waals surface area (Å²) in [4.78, 5) is 11.1. The van der Waals surface area contributed by atoms with Gasteiger partial charge in [0.15, 0.2) is 5.11 Å². The smallest absolute Gasteiger partial charge is 0.234 e. The average Bonchev–Trinajstić information content (AvgIpc) is 3.08. The molecule has 126 valence electrons. The van der Waals surface area contributed by atoms with Gasteiger partial charge in [0.2, 0.25) is 11.8 Å². The standard InChI is InChI=1S/C15H23N5O2S/c1-21-13-10-12(20-6-8-22-9-7-20)17-14(18-13)19-15(23)16-11-4-2-3-5-11/h10-11H,2-9H2,1H3,(H2,16,17,18,19,23). The first-order chi connectivity index (χ1) is 11.2. The fourth-order valence-corrected chi connectivity index (χ4v) is 3.18. The predicted molar refractivity (Wildman–Crippen MR) is 93.2 cm³/mol. The maximum Gasteiger partial charge on any atom is 0.234 e. The van der Waals surface area contributed by atoms with Crippen molar-refractivity contribution in [2.75, 3.05) is 43.6 Å². The second-order valence-electron chi connectivity index (χ2n) is 5.77. The summed E-state index contributed by atoms with van der Waals surface area (Å²) < 4.78 is 10.7. The lowest BCUT2D eigenvalue weighted by Gasteiger charge is -2.28. The van der Waals surface area contributed by atoms with Gasteiger partial charge in [0.25, 0.3) is 0 Å². The molecular weight excluding hydrogens is 314 g/mol. The van der Waals surface area contributed by atoms with Gasteiger partial charge in [0, 0.05) is 25.2 Å². The zero-order chi connectivity index (χ0) is 16.1. The molecule has 0 spiro atoms. The molecule has 7 nitrogen and oxygen atoms in total. The summed E-state index contributed by atoms with van der Waals surface area (Å²) in [6.07, 6.45) is 4.86. The highest BCUT2D eigenvalue weighted by atomic mass is 32.1. The Labute approximate surface area is 141 Å². The first-order valence-corrected chi connectivity index (χ1v) is 8.49. The number of ether oxygens (including phenoxy) is 2. The van der Waals surface area contributed by atoms with Crippen molar-refractivity contribution in [2.45, 2.75) is 31.7 Å². The molecule has 0 radical (unpaired) electrons. The summed E-state index contributed by atoms with van der Waals surface area (Å²) in [5, 5.41) is 6.98. The Kier molecular flexibility index (Phi) is 5.45. The van der Waals surface area contributed by atoms with Crippen molar-refractivity contribution in [1.82, 2.24) is 15.3 Å². The number of rotatable bonds is 4. The third-order valence-corrected chi connectivity index (χ3v) is 4.37. The molecule has 1 aliphatic heterocycles. The fourth-order valence-electron chi connectivity index (χ4n) is 2.92. The van der Waals surface area contributed by atoms with Crippen LogP contribution in [-0.2, 0) is 4.74 Å². The number of methoxy groups -OCH3 is 1. The number of morpholine rings is 1. The Bertz CT molecular complexity index is 545. The van der Waals surface area contributed by atoms with E-state index in [1.165, 1.54) is 25.7 Å². The third-order valence-electron chi connectivity index (χ3n) is 4.15. The maximum atomic E-state index is 5.38. The van der Waals surface area contributed by atoms with E-state index in [0.29, 0.717) is 36.2 Å². The second-order valence-corrected chi connectivity index (χ2v) is 6.18. The van der Waals surface area contributed by atoms with Crippen LogP contribution in [-0.4, -0.2) is 54.5 Å². The molecule has 2 fully saturated rings. The highest BCUT2D eigenvalue weighted by molar-refractivity contribution is 7.80. The summed E-state index contributed by atoms with van der Waals surface area (Å²) in [6, 6.07) is 2.29. The fraction of sp³-hybridized carbons (Fsp3) is 0.667. The van der Waals surface area contributed by atoms with E-state index in [4.69, 9.17) is 21.7 Å². The largest absolute Gasteiger partial charge is 0.481 e. The molecule has 23 heavy (non-hydrogen) atoms. The first-order valence-electron chi connectivity index (χ1n) is 8.08. The quantitative estimate of drug-likeness (QED) is 0.802. The molecule has 1 saturated heterocycles. The molecule has 2 aliphatic rings. The van der Waals surface area contributed by atoms with E-state index in [-0.39, 0.29) is 0 Å². The molecule has 1 aromatic rings. The lowest BCUT2D eigenvalue weighted by atomic mass is 10.3. The SMILES string of the molecule is COc1cc(N2CCOCC2)nc(NC(=S)NC2CCCC2)n1. The van der Waals surface area contributed by atoms with E-state index in [9.17, 15) is 0 Å². The monoisotopic (exact) mass is 337 g/mol. The Balaban J connectivity index is 1.68. The number of anilines is 2. The molecule has 0 unspecified atom stereocenters. The van der Waals surface area contributed by atoms with Gasteiger partial charge in [0.1, 0.15) is 5.82 Å². The molecule has 0 amide bonds. The van der Waals surface area contributed by atoms with Gasteiger partial charge in [-0.2, -0.15) is 9.97 Å². The van der Waals surface area contributed by atoms with Gasteiger partial charge in [-0.15, -0.1) is 0 Å². The van der Waals surface area contributed by atoms with Crippen molar-refractivity contribution in [2.24, 2.45) is 0 Å². The zero-order valence-corrected chi connectivity index (χ0v) is 14.2. The first kappa shape index (κ1) is 16.2. The van der Waals surface area contributed by atoms with Crippen LogP contribution in [0.5, 0.6) is 5.88 Å². The molecule has 3 rings (SSSR count). The summed E-state index contributed by atoms with van der Waals surface area (Å²) in [7, 11) is 1.60. The van der Waals surface area contributed by atoms with Crippen LogP contribution in [0.1, 0.15) is 25.7 Å². The molecule has 8 heteroatoms. The van der Waals surface area contributed by atoms with Gasteiger partial charge in [-0.3, -0.25) is 0 Å². The van der Waals surface area contributed by atoms with Crippen LogP contribution < -0.4 is 20.3 Å². The zero-order valence-electron chi connectivity index (χ0n) is 13.4. The molecular formula is C15H23N5O2S. The van der Waals surface area contributed by atoms with E-state index in [1.807, 2.05) is 6.07 Å². The number of nitrogens with one attached hydrogen (secondary N) is 2. The van der Waals surface area contributed by atoms with Crippen molar-refractivity contribution in [3.8, 4) is 5.88 Å². The molecule has 2 heterocycles. The van der Waals surface area contributed by atoms with Crippen molar-refractivity contribution < 1.29 is 9.47 Å². The molecule has 0 aromatic carbocycles. The Hall–Kier alpha value is -1.67. The predicted octanol–water partition coefficient (Wildman–Crippen LogP) is 1.55. The van der Waals surface area contributed by atoms with Crippen LogP contribution in [0.3, 0.4) is 0 Å². The summed E-state index contributed by atoms with van der Waals surface area (Å²) in [5.41, 5.74) is 0. The molecule has 0 bridgehead atoms. The van der Waals surface area contributed by atoms with Crippen LogP contribution in [0.4, 0.5) is 11.8 Å². The van der Waals surface area contributed by atoms with Crippen molar-refractivity contribution in [1.29, 1.82) is 0 Å². The summed E-state index contributed by atoms with van der Waals surface area (Å²) in [6.45, 7) is 3.03. The van der Waals surface area contributed by atoms with Crippen molar-refractivity contribution in [3.63, 3.8) is 0 Å². The minimum absolute atomic E-state index is 0.458. The van der Waals surface area contributed by atoms with Crippen LogP contribution in [0.25, 0.3) is 0 Å². The molecule has 1 saturated carbocycles. The number of nitrogens with zero attached hydrogens (tertiary/aromatic N) is 3. The molecule has 1 aliphatic carbocycles. The van der Waals surface area contributed by atoms with Gasteiger partial charge < -0.3 is 25.0 Å². The maximum absolute atomic E-state index is 5.38. The van der Waals surface area contributed by atoms with Crippen molar-refractivity contribution >= 4 is 29.1 Å². The van der Waals surface area contributed by atoms with E-state index >= 15 is 0 Å². The Morgan fingerprint density at radius 2 is 2.04 bits per heavy atom. The number of aromatic nitrogens is 2. The molecule has 0 atom stereocenters. The third kappa shape index (κ3) is 4.42. The average molecular weight is 337 g/mol. The Morgan fingerprint density at radius 3 is 2.74 bits per heavy atom. The normalized spacial score (nSPS) is 18.7. The van der Waals surface area contributed by atoms with Gasteiger partial charge in [0.05, 0.1) is 20.3 Å². The van der Waals surface area contributed by atoms with Gasteiger partial charge >= 0.3 is 0 Å². The van der Waals surface area contributed by atoms with E-state index in [2.05, 4.69) is 25.5 Å². The van der Waals surface area contributed by atoms with E-state index in [0.717, 1.165) is 18.9 Å². The van der Waals surface area contributed by atoms with E-state index < -0.39 is 0 Å². The second kappa shape index (κ2) is 7.74. The van der Waals surface area contributed by atoms with Crippen LogP contribution >= 0.6 is 12.2 Å². The van der Waals surface area contributed by atoms with Gasteiger partial charge in [-0.25, -0.2) is 0 Å². The van der Waals surface area contributed by atoms with Crippen molar-refractivity contribution in [3.05, 3.63) is 6.07 Å². The summed E-state index contributed by atoms with van der Waals surface area (Å²) >= 11 is 5.38. The van der Waals surface area contributed by atoms with Crippen LogP contribution in [0.2, 0.25) is 0 Å². The lowest BCUT2D eigenvalue weighted by Crippen LogP contribution is -2.38. The minimum Gasteiger partial charge on any atom is -0.481 e. The number of hydrogen-bond acceptors (Lipinski definition) is 6. The van der Waals surface area contributed by atoms with E-state index in [1.54, 1.807) is 7.11 Å². The highest BCUT2D eigenvalue weighted by Crippen LogP contribution is 2.21. The Morgan fingerprint density at radius 1 is 1.30 bits per heavy atom. The molecule has 2 N–H and O–H groups in total. The van der Waals surface area contributed by atoms with Crippen LogP contribution in [0.15, 0.2) is 6.07 Å². The number of thiocarbonyl (C=S) groups is 1. The number of hydrogen-bond donors (Lipinski definition) is 2. The minimum atomic E-state index is 0.458. The highest BCUT2D eigenvalue weighted by Gasteiger charge is 2.18. The van der Waals surface area contributed by atoms with Gasteiger partial charge in [-0.05, 0) is 25.1 Å². The topological polar surface area (TPSA) is 71.5 Å². The lowest BCUT2D eigenvalue weighted by molar-refractivity contribution is 0.122. The molecule has 1 aromatic heterocycles. The van der Waals surface area contributed by atoms with Crippen LogP contribution in [0, 0.1) is 0 Å². The summed E-state index contributed by atoms with van der Waals surface area (Å²) in [5.74, 6) is 1.81.